The Morgan fingerprint density at radius 3 is 2.53 bits per heavy atom. The van der Waals surface area contributed by atoms with Gasteiger partial charge < -0.3 is 21.3 Å². The Kier molecular flexibility index (Phi) is 19.1. The lowest BCUT2D eigenvalue weighted by molar-refractivity contribution is -0.306. The van der Waals surface area contributed by atoms with E-state index < -0.39 is 11.0 Å². The van der Waals surface area contributed by atoms with Crippen molar-refractivity contribution in [2.45, 2.75) is 119 Å². The average molecular weight is 622 g/mol. The zero-order chi connectivity index (χ0) is 33.2. The minimum Gasteiger partial charge on any atom is -0.350 e. The fourth-order valence-electron chi connectivity index (χ4n) is 4.75. The van der Waals surface area contributed by atoms with E-state index in [2.05, 4.69) is 44.1 Å². The third kappa shape index (κ3) is 11.8. The molecule has 1 fully saturated rings. The summed E-state index contributed by atoms with van der Waals surface area (Å²) in [5.41, 5.74) is 5.84. The number of carbonyl (C=O) groups excluding carboxylic acids is 1. The molecule has 246 valence electrons. The van der Waals surface area contributed by atoms with Crippen LogP contribution in [0.5, 0.6) is 0 Å². The molecular formula is C32H59N7O3S. The Bertz CT molecular complexity index is 1130. The normalized spacial score (nSPS) is 19.1. The Balaban J connectivity index is 0. The summed E-state index contributed by atoms with van der Waals surface area (Å²) >= 11 is 1.66. The van der Waals surface area contributed by atoms with Gasteiger partial charge in [-0.05, 0) is 92.4 Å². The first-order valence-electron chi connectivity index (χ1n) is 15.5. The molecule has 1 saturated heterocycles. The quantitative estimate of drug-likeness (QED) is 0.239. The highest BCUT2D eigenvalue weighted by molar-refractivity contribution is 7.12. The molecule has 1 aliphatic heterocycles. The van der Waals surface area contributed by atoms with E-state index in [9.17, 15) is 10.1 Å². The number of aromatic nitrogens is 2. The predicted octanol–water partition coefficient (Wildman–Crippen LogP) is 5.96. The van der Waals surface area contributed by atoms with Crippen molar-refractivity contribution in [2.24, 2.45) is 5.73 Å². The van der Waals surface area contributed by atoms with Crippen LogP contribution in [-0.4, -0.2) is 59.5 Å². The molecule has 5 N–H and O–H groups in total. The summed E-state index contributed by atoms with van der Waals surface area (Å²) in [5, 5.41) is 24.1. The van der Waals surface area contributed by atoms with Crippen LogP contribution in [0.2, 0.25) is 0 Å². The number of nitrogens with zero attached hydrogens (tertiary/aromatic N) is 4. The summed E-state index contributed by atoms with van der Waals surface area (Å²) in [6.45, 7) is 22.6. The number of amides is 1. The molecule has 2 aliphatic rings. The second-order valence-corrected chi connectivity index (χ2v) is 12.3. The molecule has 0 bridgehead atoms. The molecule has 0 spiro atoms. The average Bonchev–Trinajstić information content (AvgIpc) is 3.21. The SMILES string of the molecule is CC.CC.CC(C)(C)OO.CN.Cc1sc2c(c1C#N)[C@@](C)(C(=O)NCc1ccnc(N3CCCNC[C@@H]3C)n1)CCC2.[HH]. The highest BCUT2D eigenvalue weighted by atomic mass is 32.1. The molecule has 2 atom stereocenters. The van der Waals surface area contributed by atoms with E-state index in [1.54, 1.807) is 38.3 Å². The number of thiophene rings is 1. The summed E-state index contributed by atoms with van der Waals surface area (Å²) in [6, 6.07) is 4.51. The molecule has 0 radical (unpaired) electrons. The zero-order valence-corrected chi connectivity index (χ0v) is 29.2. The van der Waals surface area contributed by atoms with Crippen molar-refractivity contribution in [1.82, 2.24) is 20.6 Å². The number of carbonyl (C=O) groups is 1. The molecule has 1 amide bonds. The first-order valence-corrected chi connectivity index (χ1v) is 16.3. The third-order valence-electron chi connectivity index (χ3n) is 6.79. The summed E-state index contributed by atoms with van der Waals surface area (Å²) in [5.74, 6) is 0.685. The number of nitrogens with two attached hydrogens (primary N) is 1. The second-order valence-electron chi connectivity index (χ2n) is 11.0. The third-order valence-corrected chi connectivity index (χ3v) is 7.95. The van der Waals surface area contributed by atoms with E-state index in [0.29, 0.717) is 24.1 Å². The summed E-state index contributed by atoms with van der Waals surface area (Å²) in [6.07, 6.45) is 5.48. The largest absolute Gasteiger partial charge is 0.350 e. The molecule has 2 aromatic rings. The lowest BCUT2D eigenvalue weighted by Crippen LogP contribution is -2.44. The fourth-order valence-corrected chi connectivity index (χ4v) is 6.05. The maximum absolute atomic E-state index is 13.3. The highest BCUT2D eigenvalue weighted by Gasteiger charge is 2.42. The maximum atomic E-state index is 13.3. The van der Waals surface area contributed by atoms with Crippen molar-refractivity contribution in [3.63, 3.8) is 0 Å². The van der Waals surface area contributed by atoms with Gasteiger partial charge in [-0.15, -0.1) is 11.3 Å². The first kappa shape index (κ1) is 40.4. The predicted molar refractivity (Wildman–Crippen MR) is 181 cm³/mol. The summed E-state index contributed by atoms with van der Waals surface area (Å²) < 4.78 is 0. The first-order chi connectivity index (χ1) is 20.5. The molecule has 2 aromatic heterocycles. The van der Waals surface area contributed by atoms with Gasteiger partial charge in [-0.25, -0.2) is 14.9 Å². The van der Waals surface area contributed by atoms with E-state index in [1.807, 2.05) is 47.6 Å². The van der Waals surface area contributed by atoms with E-state index >= 15 is 0 Å². The molecule has 0 saturated carbocycles. The van der Waals surface area contributed by atoms with Gasteiger partial charge >= 0.3 is 0 Å². The minimum absolute atomic E-state index is 0. The van der Waals surface area contributed by atoms with Crippen molar-refractivity contribution in [3.05, 3.63) is 38.8 Å². The van der Waals surface area contributed by atoms with Crippen LogP contribution in [0.15, 0.2) is 12.3 Å². The number of nitrogens with one attached hydrogen (secondary N) is 2. The van der Waals surface area contributed by atoms with Gasteiger partial charge in [-0.3, -0.25) is 10.1 Å². The number of anilines is 1. The monoisotopic (exact) mass is 621 g/mol. The van der Waals surface area contributed by atoms with Crippen molar-refractivity contribution in [2.75, 3.05) is 31.6 Å². The molecule has 0 aromatic carbocycles. The van der Waals surface area contributed by atoms with Crippen molar-refractivity contribution in [1.29, 1.82) is 5.26 Å². The standard InChI is InChI=1S/C23H30N6OS.C4H10O2.2C2H6.CH5N.H2/c1-15-13-25-9-5-11-29(15)22-26-10-7-17(28-22)14-27-21(30)23(3)8-4-6-19-20(23)18(12-24)16(2)31-19;1-4(2,3)6-5;3*1-2;/h7,10,15,25H,4-6,8-9,11,13-14H2,1-3H3,(H,27,30);5H,1-3H3;2*1-2H3;2H2,1H3;1H/t15-,23-;;;;;/m0...../s1. The van der Waals surface area contributed by atoms with Crippen LogP contribution in [-0.2, 0) is 28.1 Å². The Morgan fingerprint density at radius 2 is 1.95 bits per heavy atom. The van der Waals surface area contributed by atoms with Gasteiger partial charge in [0.25, 0.3) is 0 Å². The molecule has 1 aliphatic carbocycles. The van der Waals surface area contributed by atoms with Crippen LogP contribution >= 0.6 is 11.3 Å². The van der Waals surface area contributed by atoms with Crippen molar-refractivity contribution >= 4 is 23.2 Å². The topological polar surface area (TPSA) is 149 Å². The molecule has 11 heteroatoms. The number of rotatable bonds is 4. The van der Waals surface area contributed by atoms with Crippen LogP contribution in [0, 0.1) is 18.3 Å². The second kappa shape index (κ2) is 20.4. The zero-order valence-electron chi connectivity index (χ0n) is 28.4. The fraction of sp³-hybridized carbons (Fsp3) is 0.688. The number of aryl methyl sites for hydroxylation is 2. The Labute approximate surface area is 265 Å². The number of nitriles is 1. The van der Waals surface area contributed by atoms with E-state index in [1.165, 1.54) is 11.9 Å². The summed E-state index contributed by atoms with van der Waals surface area (Å²) in [7, 11) is 1.50. The molecular weight excluding hydrogens is 562 g/mol. The minimum atomic E-state index is -0.676. The Hall–Kier alpha value is -2.62. The molecule has 43 heavy (non-hydrogen) atoms. The lowest BCUT2D eigenvalue weighted by Gasteiger charge is -2.33. The van der Waals surface area contributed by atoms with Gasteiger partial charge in [0.2, 0.25) is 11.9 Å². The summed E-state index contributed by atoms with van der Waals surface area (Å²) in [4.78, 5) is 30.9. The van der Waals surface area contributed by atoms with Gasteiger partial charge in [0, 0.05) is 36.5 Å². The maximum Gasteiger partial charge on any atom is 0.230 e. The molecule has 3 heterocycles. The van der Waals surface area contributed by atoms with Crippen molar-refractivity contribution < 1.29 is 16.4 Å². The molecule has 0 unspecified atom stereocenters. The smallest absolute Gasteiger partial charge is 0.230 e. The van der Waals surface area contributed by atoms with Crippen LogP contribution in [0.3, 0.4) is 0 Å². The molecule has 10 nitrogen and oxygen atoms in total. The van der Waals surface area contributed by atoms with Gasteiger partial charge in [0.05, 0.1) is 28.8 Å². The van der Waals surface area contributed by atoms with E-state index in [4.69, 9.17) is 10.2 Å². The van der Waals surface area contributed by atoms with Crippen LogP contribution in [0.1, 0.15) is 110 Å². The van der Waals surface area contributed by atoms with Gasteiger partial charge in [0.15, 0.2) is 0 Å². The van der Waals surface area contributed by atoms with E-state index in [-0.39, 0.29) is 7.33 Å². The van der Waals surface area contributed by atoms with Crippen molar-refractivity contribution in [3.8, 4) is 6.07 Å². The van der Waals surface area contributed by atoms with Gasteiger partial charge in [-0.2, -0.15) is 5.26 Å². The van der Waals surface area contributed by atoms with Crippen LogP contribution < -0.4 is 21.3 Å². The number of hydrogen-bond donors (Lipinski definition) is 4. The number of fused-ring (bicyclic) bond motifs is 1. The highest BCUT2D eigenvalue weighted by Crippen LogP contribution is 2.44. The van der Waals surface area contributed by atoms with E-state index in [0.717, 1.165) is 61.5 Å². The van der Waals surface area contributed by atoms with Crippen LogP contribution in [0.25, 0.3) is 0 Å². The number of hydrogen-bond acceptors (Lipinski definition) is 10. The van der Waals surface area contributed by atoms with Crippen LogP contribution in [0.4, 0.5) is 5.95 Å². The van der Waals surface area contributed by atoms with Gasteiger partial charge in [0.1, 0.15) is 6.07 Å². The van der Waals surface area contributed by atoms with Gasteiger partial charge in [-0.1, -0.05) is 27.7 Å². The molecule has 4 rings (SSSR count). The lowest BCUT2D eigenvalue weighted by atomic mass is 9.71. The Morgan fingerprint density at radius 1 is 1.33 bits per heavy atom.